The van der Waals surface area contributed by atoms with Crippen LogP contribution in [-0.2, 0) is 11.3 Å². The third kappa shape index (κ3) is 5.97. The number of ether oxygens (including phenoxy) is 1. The molecule has 7 nitrogen and oxygen atoms in total. The van der Waals surface area contributed by atoms with Gasteiger partial charge in [0.15, 0.2) is 5.17 Å². The maximum atomic E-state index is 14.2. The summed E-state index contributed by atoms with van der Waals surface area (Å²) in [6.07, 6.45) is 0.691. The number of nitrogens with zero attached hydrogens (tertiary/aromatic N) is 3. The minimum atomic E-state index is -1.11. The number of methoxy groups -OCH3 is 1. The Morgan fingerprint density at radius 1 is 0.925 bits per heavy atom. The molecule has 0 aliphatic carbocycles. The van der Waals surface area contributed by atoms with Crippen LogP contribution in [0.15, 0.2) is 119 Å². The van der Waals surface area contributed by atoms with Gasteiger partial charge in [0.2, 0.25) is 6.17 Å². The fraction of sp³-hybridized carbons (Fsp3) is 0.125. The van der Waals surface area contributed by atoms with E-state index in [4.69, 9.17) is 9.73 Å². The number of hydrogen-bond acceptors (Lipinski definition) is 6. The molecule has 0 aromatic heterocycles. The van der Waals surface area contributed by atoms with E-state index in [9.17, 15) is 9.59 Å². The van der Waals surface area contributed by atoms with E-state index in [2.05, 4.69) is 10.3 Å². The Hall–Kier alpha value is -4.69. The van der Waals surface area contributed by atoms with E-state index >= 15 is 0 Å². The van der Waals surface area contributed by atoms with Crippen molar-refractivity contribution in [2.24, 2.45) is 9.98 Å². The smallest absolute Gasteiger partial charge is 0.274 e. The van der Waals surface area contributed by atoms with Gasteiger partial charge in [0.1, 0.15) is 5.75 Å². The van der Waals surface area contributed by atoms with E-state index in [1.54, 1.807) is 42.5 Å². The van der Waals surface area contributed by atoms with Crippen molar-refractivity contribution >= 4 is 40.1 Å². The summed E-state index contributed by atoms with van der Waals surface area (Å²) in [4.78, 5) is 38.4. The first-order valence-electron chi connectivity index (χ1n) is 12.7. The van der Waals surface area contributed by atoms with Gasteiger partial charge in [0.05, 0.1) is 25.1 Å². The molecule has 0 spiro atoms. The Labute approximate surface area is 237 Å². The molecule has 1 atom stereocenters. The Kier molecular flexibility index (Phi) is 8.37. The van der Waals surface area contributed by atoms with Crippen molar-refractivity contribution < 1.29 is 14.3 Å². The van der Waals surface area contributed by atoms with Gasteiger partial charge in [-0.3, -0.25) is 9.59 Å². The summed E-state index contributed by atoms with van der Waals surface area (Å²) in [7, 11) is 1.62. The highest BCUT2D eigenvalue weighted by Crippen LogP contribution is 2.30. The van der Waals surface area contributed by atoms with Crippen LogP contribution in [-0.4, -0.2) is 42.2 Å². The summed E-state index contributed by atoms with van der Waals surface area (Å²) in [6, 6.07) is 34.0. The number of carbonyl (C=O) groups is 2. The Bertz CT molecular complexity index is 1550. The van der Waals surface area contributed by atoms with Crippen molar-refractivity contribution in [2.45, 2.75) is 12.7 Å². The molecule has 1 heterocycles. The number of hydrogen-bond donors (Lipinski definition) is 1. The molecule has 8 heteroatoms. The molecular formula is C32H28N4O3S. The number of nitrogens with one attached hydrogen (secondary N) is 1. The van der Waals surface area contributed by atoms with Crippen molar-refractivity contribution in [3.05, 3.63) is 131 Å². The summed E-state index contributed by atoms with van der Waals surface area (Å²) >= 11 is 1.25. The van der Waals surface area contributed by atoms with Crippen molar-refractivity contribution in [2.75, 3.05) is 18.3 Å². The first-order chi connectivity index (χ1) is 19.6. The number of para-hydroxylation sites is 1. The molecule has 0 radical (unpaired) electrons. The minimum absolute atomic E-state index is 0.297. The molecule has 2 amide bonds. The van der Waals surface area contributed by atoms with Gasteiger partial charge in [-0.2, -0.15) is 0 Å². The number of rotatable bonds is 6. The van der Waals surface area contributed by atoms with Crippen LogP contribution in [0.1, 0.15) is 27.0 Å². The Balaban J connectivity index is 1.58. The topological polar surface area (TPSA) is 83.4 Å². The van der Waals surface area contributed by atoms with E-state index in [-0.39, 0.29) is 11.8 Å². The second-order valence-corrected chi connectivity index (χ2v) is 9.76. The molecule has 1 aliphatic rings. The van der Waals surface area contributed by atoms with Crippen LogP contribution in [0.4, 0.5) is 5.69 Å². The minimum Gasteiger partial charge on any atom is -0.497 e. The van der Waals surface area contributed by atoms with Gasteiger partial charge in [-0.25, -0.2) is 9.98 Å². The van der Waals surface area contributed by atoms with Crippen LogP contribution in [0.2, 0.25) is 0 Å². The van der Waals surface area contributed by atoms with Crippen LogP contribution in [0.5, 0.6) is 5.75 Å². The Morgan fingerprint density at radius 2 is 1.57 bits per heavy atom. The Morgan fingerprint density at radius 3 is 2.25 bits per heavy atom. The molecule has 200 valence electrons. The van der Waals surface area contributed by atoms with Crippen LogP contribution in [0, 0.1) is 0 Å². The van der Waals surface area contributed by atoms with Gasteiger partial charge in [0, 0.05) is 16.7 Å². The number of amides is 2. The zero-order valence-corrected chi connectivity index (χ0v) is 23.0. The monoisotopic (exact) mass is 548 g/mol. The lowest BCUT2D eigenvalue weighted by molar-refractivity contribution is -0.119. The van der Waals surface area contributed by atoms with Crippen LogP contribution in [0.25, 0.3) is 0 Å². The highest BCUT2D eigenvalue weighted by Gasteiger charge is 2.32. The molecule has 40 heavy (non-hydrogen) atoms. The van der Waals surface area contributed by atoms with Crippen LogP contribution in [0.3, 0.4) is 0 Å². The molecule has 1 N–H and O–H groups in total. The summed E-state index contributed by atoms with van der Waals surface area (Å²) in [6.45, 7) is 0.314. The number of benzene rings is 4. The summed E-state index contributed by atoms with van der Waals surface area (Å²) in [5.41, 5.74) is 4.52. The highest BCUT2D eigenvalue weighted by atomic mass is 32.2. The number of carbonyl (C=O) groups excluding carboxylic acids is 2. The standard InChI is InChI=1S/C32H28N4O3S/c1-39-25-19-17-22(18-20-25)21-36-27-16-10-9-15-26(27)28(23-11-5-3-6-12-23)33-29(31(36)38)34-32(40-2)35-30(37)24-13-7-4-8-14-24/h3-20,29H,21H2,1-2H3,(H,34,35,37). The van der Waals surface area contributed by atoms with E-state index in [0.29, 0.717) is 23.0 Å². The lowest BCUT2D eigenvalue weighted by atomic mass is 10.00. The fourth-order valence-corrected chi connectivity index (χ4v) is 4.81. The van der Waals surface area contributed by atoms with Gasteiger partial charge < -0.3 is 15.0 Å². The predicted molar refractivity (Wildman–Crippen MR) is 161 cm³/mol. The van der Waals surface area contributed by atoms with E-state index in [1.165, 1.54) is 11.8 Å². The van der Waals surface area contributed by atoms with Crippen LogP contribution >= 0.6 is 11.8 Å². The lowest BCUT2D eigenvalue weighted by Gasteiger charge is -2.24. The lowest BCUT2D eigenvalue weighted by Crippen LogP contribution is -2.38. The average molecular weight is 549 g/mol. The molecule has 1 unspecified atom stereocenters. The van der Waals surface area contributed by atoms with E-state index in [1.807, 2.05) is 84.9 Å². The molecule has 1 aliphatic heterocycles. The third-order valence-corrected chi connectivity index (χ3v) is 7.02. The van der Waals surface area contributed by atoms with Gasteiger partial charge in [-0.1, -0.05) is 90.6 Å². The molecule has 0 saturated carbocycles. The molecular weight excluding hydrogens is 520 g/mol. The van der Waals surface area contributed by atoms with Gasteiger partial charge in [-0.15, -0.1) is 0 Å². The highest BCUT2D eigenvalue weighted by molar-refractivity contribution is 8.13. The van der Waals surface area contributed by atoms with Crippen molar-refractivity contribution in [1.29, 1.82) is 0 Å². The average Bonchev–Trinajstić information content (AvgIpc) is 3.12. The molecule has 0 saturated heterocycles. The summed E-state index contributed by atoms with van der Waals surface area (Å²) < 4.78 is 5.30. The summed E-state index contributed by atoms with van der Waals surface area (Å²) in [5.74, 6) is 0.136. The van der Waals surface area contributed by atoms with Crippen molar-refractivity contribution in [3.8, 4) is 5.75 Å². The molecule has 4 aromatic rings. The largest absolute Gasteiger partial charge is 0.497 e. The van der Waals surface area contributed by atoms with Gasteiger partial charge in [0.25, 0.3) is 11.8 Å². The number of anilines is 1. The second-order valence-electron chi connectivity index (χ2n) is 8.97. The maximum Gasteiger partial charge on any atom is 0.274 e. The SMILES string of the molecule is COc1ccc(CN2C(=O)C(N=C(NC(=O)c3ccccc3)SC)N=C(c3ccccc3)c3ccccc32)cc1. The number of amidine groups is 1. The molecule has 5 rings (SSSR count). The predicted octanol–water partition coefficient (Wildman–Crippen LogP) is 5.55. The number of fused-ring (bicyclic) bond motifs is 1. The van der Waals surface area contributed by atoms with Crippen LogP contribution < -0.4 is 15.0 Å². The first kappa shape index (κ1) is 26.9. The zero-order valence-electron chi connectivity index (χ0n) is 22.2. The third-order valence-electron chi connectivity index (χ3n) is 6.42. The van der Waals surface area contributed by atoms with E-state index < -0.39 is 6.17 Å². The van der Waals surface area contributed by atoms with E-state index in [0.717, 1.165) is 28.1 Å². The number of benzodiazepines with no additional fused rings is 1. The number of aliphatic imine (C=N–C) groups is 2. The molecule has 0 fully saturated rings. The fourth-order valence-electron chi connectivity index (χ4n) is 4.41. The summed E-state index contributed by atoms with van der Waals surface area (Å²) in [5, 5.41) is 3.15. The quantitative estimate of drug-likeness (QED) is 0.253. The van der Waals surface area contributed by atoms with Gasteiger partial charge >= 0.3 is 0 Å². The maximum absolute atomic E-state index is 14.2. The van der Waals surface area contributed by atoms with Crippen molar-refractivity contribution in [3.63, 3.8) is 0 Å². The first-order valence-corrected chi connectivity index (χ1v) is 13.9. The molecule has 4 aromatic carbocycles. The normalized spacial score (nSPS) is 15.1. The van der Waals surface area contributed by atoms with Crippen molar-refractivity contribution in [1.82, 2.24) is 5.32 Å². The zero-order chi connectivity index (χ0) is 27.9. The second kappa shape index (κ2) is 12.4. The number of thioether (sulfide) groups is 1. The van der Waals surface area contributed by atoms with Gasteiger partial charge in [-0.05, 0) is 42.2 Å². The molecule has 0 bridgehead atoms.